The van der Waals surface area contributed by atoms with Crippen LogP contribution in [0.5, 0.6) is 0 Å². The molecule has 0 heterocycles. The van der Waals surface area contributed by atoms with Gasteiger partial charge in [-0.1, -0.05) is 72.9 Å². The summed E-state index contributed by atoms with van der Waals surface area (Å²) in [5, 5.41) is 0. The second-order valence-corrected chi connectivity index (χ2v) is 25.1. The van der Waals surface area contributed by atoms with Crippen molar-refractivity contribution in [3.63, 3.8) is 0 Å². The van der Waals surface area contributed by atoms with Gasteiger partial charge >= 0.3 is 0 Å². The summed E-state index contributed by atoms with van der Waals surface area (Å²) < 4.78 is 14.6. The van der Waals surface area contributed by atoms with Gasteiger partial charge in [0.2, 0.25) is 0 Å². The van der Waals surface area contributed by atoms with Crippen LogP contribution in [-0.2, 0) is 8.85 Å². The number of rotatable bonds is 9. The van der Waals surface area contributed by atoms with Crippen molar-refractivity contribution in [1.82, 2.24) is 0 Å². The lowest BCUT2D eigenvalue weighted by atomic mass is 9.79. The van der Waals surface area contributed by atoms with Crippen LogP contribution in [0.2, 0.25) is 37.3 Å². The Hall–Kier alpha value is -1.21. The zero-order valence-electron chi connectivity index (χ0n) is 26.5. The molecule has 0 radical (unpaired) electrons. The highest BCUT2D eigenvalue weighted by Crippen LogP contribution is 2.56. The Balaban J connectivity index is 0.927. The molecule has 2 nitrogen and oxygen atoms in total. The van der Waals surface area contributed by atoms with Crippen LogP contribution in [0.1, 0.15) is 51.4 Å². The predicted octanol–water partition coefficient (Wildman–Crippen LogP) is 9.64. The molecule has 8 aliphatic rings. The van der Waals surface area contributed by atoms with E-state index in [2.05, 4.69) is 99.1 Å². The molecule has 4 bridgehead atoms. The number of hydrogen-bond acceptors (Lipinski definition) is 2. The van der Waals surface area contributed by atoms with E-state index in [1.165, 1.54) is 51.4 Å². The molecule has 0 amide bonds. The van der Waals surface area contributed by atoms with E-state index in [0.29, 0.717) is 35.9 Å². The van der Waals surface area contributed by atoms with E-state index in [4.69, 9.17) is 8.85 Å². The Morgan fingerprint density at radius 2 is 0.881 bits per heavy atom. The Labute approximate surface area is 257 Å². The van der Waals surface area contributed by atoms with Gasteiger partial charge in [0.1, 0.15) is 0 Å². The van der Waals surface area contributed by atoms with Crippen molar-refractivity contribution < 1.29 is 8.85 Å². The van der Waals surface area contributed by atoms with Crippen molar-refractivity contribution in [2.75, 3.05) is 0 Å². The van der Waals surface area contributed by atoms with E-state index in [1.54, 1.807) is 0 Å². The molecule has 4 saturated carbocycles. The fourth-order valence-electron chi connectivity index (χ4n) is 11.6. The molecule has 0 saturated heterocycles. The fraction of sp³-hybridized carbons (Fsp3) is 0.684. The van der Waals surface area contributed by atoms with Gasteiger partial charge in [0.05, 0.1) is 12.2 Å². The Morgan fingerprint density at radius 3 is 1.24 bits per heavy atom. The molecule has 0 aliphatic heterocycles. The maximum atomic E-state index is 7.31. The van der Waals surface area contributed by atoms with Gasteiger partial charge in [-0.25, -0.2) is 0 Å². The minimum Gasteiger partial charge on any atom is -0.414 e. The van der Waals surface area contributed by atoms with Crippen molar-refractivity contribution in [3.05, 3.63) is 72.9 Å². The normalized spacial score (nSPS) is 47.7. The summed E-state index contributed by atoms with van der Waals surface area (Å²) in [6.45, 7) is 10.2. The highest BCUT2D eigenvalue weighted by molar-refractivity contribution is 6.73. The third-order valence-corrected chi connectivity index (χ3v) is 20.3. The first-order valence-corrected chi connectivity index (χ1v) is 23.6. The smallest absolute Gasteiger partial charge is 0.190 e. The van der Waals surface area contributed by atoms with Crippen molar-refractivity contribution in [2.45, 2.75) is 101 Å². The molecule has 4 fully saturated rings. The van der Waals surface area contributed by atoms with Crippen LogP contribution in [0.15, 0.2) is 72.9 Å². The fourth-order valence-corrected chi connectivity index (χ4v) is 18.3. The van der Waals surface area contributed by atoms with Gasteiger partial charge in [0, 0.05) is 11.8 Å². The molecule has 4 heteroatoms. The van der Waals surface area contributed by atoms with E-state index in [-0.39, 0.29) is 0 Å². The van der Waals surface area contributed by atoms with E-state index >= 15 is 0 Å². The molecule has 0 aromatic rings. The summed E-state index contributed by atoms with van der Waals surface area (Å²) in [4.78, 5) is 0. The minimum absolute atomic E-state index is 0.415. The van der Waals surface area contributed by atoms with Gasteiger partial charge in [-0.05, 0) is 136 Å². The highest BCUT2D eigenvalue weighted by Gasteiger charge is 2.52. The molecular weight excluding hydrogens is 545 g/mol. The van der Waals surface area contributed by atoms with Gasteiger partial charge in [-0.3, -0.25) is 0 Å². The van der Waals surface area contributed by atoms with E-state index in [0.717, 1.165) is 46.6 Å². The van der Waals surface area contributed by atoms with Gasteiger partial charge in [0.15, 0.2) is 16.6 Å². The maximum absolute atomic E-state index is 7.31. The molecule has 0 N–H and O–H groups in total. The SMILES string of the molecule is C[Si](C)(OC1CC(CCC2CC(O[Si](C)(C)C3CC4C=CC3C4)C3C=CC=CC23)C2C=CC=CC12)C1CC2C=CC1C2. The van der Waals surface area contributed by atoms with Crippen LogP contribution in [-0.4, -0.2) is 28.8 Å². The van der Waals surface area contributed by atoms with Gasteiger partial charge < -0.3 is 8.85 Å². The summed E-state index contributed by atoms with van der Waals surface area (Å²) in [6.07, 6.45) is 40.9. The largest absolute Gasteiger partial charge is 0.414 e. The minimum atomic E-state index is -1.76. The van der Waals surface area contributed by atoms with Gasteiger partial charge in [-0.15, -0.1) is 0 Å². The number of hydrogen-bond donors (Lipinski definition) is 0. The first-order chi connectivity index (χ1) is 20.2. The Bertz CT molecular complexity index is 1130. The summed E-state index contributed by atoms with van der Waals surface area (Å²) in [6, 6.07) is 0. The third-order valence-electron chi connectivity index (χ3n) is 13.6. The number of fused-ring (bicyclic) bond motifs is 6. The number of allylic oxidation sites excluding steroid dienone is 10. The average molecular weight is 599 g/mol. The van der Waals surface area contributed by atoms with Crippen LogP contribution in [0.4, 0.5) is 0 Å². The van der Waals surface area contributed by atoms with Crippen LogP contribution in [0, 0.1) is 59.2 Å². The van der Waals surface area contributed by atoms with Crippen molar-refractivity contribution in [1.29, 1.82) is 0 Å². The molecule has 14 unspecified atom stereocenters. The Morgan fingerprint density at radius 1 is 0.476 bits per heavy atom. The maximum Gasteiger partial charge on any atom is 0.190 e. The van der Waals surface area contributed by atoms with Crippen LogP contribution in [0.25, 0.3) is 0 Å². The second kappa shape index (κ2) is 10.7. The topological polar surface area (TPSA) is 18.5 Å². The monoisotopic (exact) mass is 598 g/mol. The van der Waals surface area contributed by atoms with Crippen LogP contribution < -0.4 is 0 Å². The highest BCUT2D eigenvalue weighted by atomic mass is 28.4. The van der Waals surface area contributed by atoms with Crippen LogP contribution >= 0.6 is 0 Å². The first kappa shape index (κ1) is 28.3. The van der Waals surface area contributed by atoms with Crippen molar-refractivity contribution in [2.24, 2.45) is 59.2 Å². The molecule has 8 rings (SSSR count). The molecule has 8 aliphatic carbocycles. The lowest BCUT2D eigenvalue weighted by Gasteiger charge is -2.37. The molecule has 0 aromatic heterocycles. The lowest BCUT2D eigenvalue weighted by molar-refractivity contribution is 0.154. The molecule has 42 heavy (non-hydrogen) atoms. The average Bonchev–Trinajstić information content (AvgIpc) is 3.83. The summed E-state index contributed by atoms with van der Waals surface area (Å²) in [7, 11) is -3.52. The molecular formula is C38H54O2Si2. The van der Waals surface area contributed by atoms with Crippen LogP contribution in [0.3, 0.4) is 0 Å². The standard InChI is InChI=1S/C38H54O2Si2/c1-41(2,37-21-25-13-15-29(37)19-25)39-35-23-27(31-9-5-7-11-33(31)35)17-18-28-24-36(34-12-8-6-10-32(28)34)40-42(3,4)38-22-26-14-16-30(38)20-26/h5-16,25-38H,17-24H2,1-4H3. The molecule has 226 valence electrons. The lowest BCUT2D eigenvalue weighted by Crippen LogP contribution is -2.43. The zero-order chi connectivity index (χ0) is 28.6. The van der Waals surface area contributed by atoms with Gasteiger partial charge in [-0.2, -0.15) is 0 Å². The van der Waals surface area contributed by atoms with E-state index in [9.17, 15) is 0 Å². The zero-order valence-corrected chi connectivity index (χ0v) is 28.5. The second-order valence-electron chi connectivity index (χ2n) is 16.7. The predicted molar refractivity (Wildman–Crippen MR) is 179 cm³/mol. The quantitative estimate of drug-likeness (QED) is 0.194. The summed E-state index contributed by atoms with van der Waals surface area (Å²) in [5.41, 5.74) is 1.63. The molecule has 0 spiro atoms. The molecule has 0 aromatic carbocycles. The van der Waals surface area contributed by atoms with Gasteiger partial charge in [0.25, 0.3) is 0 Å². The van der Waals surface area contributed by atoms with Crippen molar-refractivity contribution >= 4 is 16.6 Å². The summed E-state index contributed by atoms with van der Waals surface area (Å²) in [5.74, 6) is 7.23. The van der Waals surface area contributed by atoms with E-state index < -0.39 is 16.6 Å². The third kappa shape index (κ3) is 4.95. The summed E-state index contributed by atoms with van der Waals surface area (Å²) >= 11 is 0. The first-order valence-electron chi connectivity index (χ1n) is 17.7. The molecule has 14 atom stereocenters. The van der Waals surface area contributed by atoms with Crippen molar-refractivity contribution in [3.8, 4) is 0 Å². The Kier molecular flexibility index (Phi) is 7.21. The van der Waals surface area contributed by atoms with E-state index in [1.807, 2.05) is 0 Å².